The lowest BCUT2D eigenvalue weighted by Crippen LogP contribution is -2.42. The van der Waals surface area contributed by atoms with Crippen molar-refractivity contribution < 1.29 is 9.59 Å². The molecule has 1 fully saturated rings. The van der Waals surface area contributed by atoms with Gasteiger partial charge in [0.05, 0.1) is 5.92 Å². The number of hydrogen-bond donors (Lipinski definition) is 2. The van der Waals surface area contributed by atoms with Crippen LogP contribution in [0.25, 0.3) is 0 Å². The average Bonchev–Trinajstić information content (AvgIpc) is 2.59. The van der Waals surface area contributed by atoms with Gasteiger partial charge in [-0.2, -0.15) is 0 Å². The van der Waals surface area contributed by atoms with Crippen LogP contribution in [0.15, 0.2) is 0 Å². The number of nitrogens with zero attached hydrogens (tertiary/aromatic N) is 1. The van der Waals surface area contributed by atoms with Gasteiger partial charge in [-0.25, -0.2) is 0 Å². The number of carbonyl (C=O) groups excluding carboxylic acids is 2. The molecule has 2 N–H and O–H groups in total. The van der Waals surface area contributed by atoms with Crippen LogP contribution in [0.2, 0.25) is 0 Å². The van der Waals surface area contributed by atoms with Gasteiger partial charge in [0.1, 0.15) is 0 Å². The summed E-state index contributed by atoms with van der Waals surface area (Å²) >= 11 is 0. The second-order valence-corrected chi connectivity index (χ2v) is 5.82. The van der Waals surface area contributed by atoms with E-state index in [2.05, 4.69) is 29.4 Å². The third-order valence-corrected chi connectivity index (χ3v) is 2.83. The van der Waals surface area contributed by atoms with Gasteiger partial charge in [-0.3, -0.25) is 9.59 Å². The smallest absolute Gasteiger partial charge is 0.225 e. The molecule has 1 rings (SSSR count). The fraction of sp³-hybridized carbons (Fsp3) is 0.833. The summed E-state index contributed by atoms with van der Waals surface area (Å²) < 4.78 is 0. The Hall–Kier alpha value is -1.10. The molecule has 1 heterocycles. The Morgan fingerprint density at radius 2 is 2.18 bits per heavy atom. The van der Waals surface area contributed by atoms with Gasteiger partial charge >= 0.3 is 0 Å². The van der Waals surface area contributed by atoms with Crippen LogP contribution in [0.5, 0.6) is 0 Å². The van der Waals surface area contributed by atoms with Crippen LogP contribution in [0.3, 0.4) is 0 Å². The average molecular weight is 241 g/mol. The Morgan fingerprint density at radius 1 is 1.53 bits per heavy atom. The van der Waals surface area contributed by atoms with Crippen LogP contribution >= 0.6 is 0 Å². The first-order valence-electron chi connectivity index (χ1n) is 5.99. The fourth-order valence-electron chi connectivity index (χ4n) is 2.17. The van der Waals surface area contributed by atoms with Gasteiger partial charge < -0.3 is 15.5 Å². The molecule has 0 saturated carbocycles. The minimum absolute atomic E-state index is 0.0184. The third kappa shape index (κ3) is 4.73. The molecule has 1 aliphatic rings. The second-order valence-electron chi connectivity index (χ2n) is 5.82. The SMILES string of the molecule is CN(C)CC(C)(C)CNC(=O)C1CNC(=O)C1. The lowest BCUT2D eigenvalue weighted by Gasteiger charge is -2.28. The molecule has 1 saturated heterocycles. The highest BCUT2D eigenvalue weighted by Gasteiger charge is 2.29. The highest BCUT2D eigenvalue weighted by atomic mass is 16.2. The van der Waals surface area contributed by atoms with E-state index in [9.17, 15) is 9.59 Å². The quantitative estimate of drug-likeness (QED) is 0.702. The highest BCUT2D eigenvalue weighted by Crippen LogP contribution is 2.15. The van der Waals surface area contributed by atoms with Crippen molar-refractivity contribution in [1.29, 1.82) is 0 Å². The molecule has 1 unspecified atom stereocenters. The largest absolute Gasteiger partial charge is 0.355 e. The molecule has 98 valence electrons. The van der Waals surface area contributed by atoms with E-state index in [1.54, 1.807) is 0 Å². The number of nitrogens with one attached hydrogen (secondary N) is 2. The van der Waals surface area contributed by atoms with Crippen molar-refractivity contribution in [1.82, 2.24) is 15.5 Å². The summed E-state index contributed by atoms with van der Waals surface area (Å²) in [6.07, 6.45) is 0.319. The molecule has 0 aliphatic carbocycles. The molecule has 0 radical (unpaired) electrons. The van der Waals surface area contributed by atoms with Crippen molar-refractivity contribution in [2.75, 3.05) is 33.7 Å². The van der Waals surface area contributed by atoms with E-state index in [0.717, 1.165) is 6.54 Å². The van der Waals surface area contributed by atoms with Gasteiger partial charge in [0.15, 0.2) is 0 Å². The van der Waals surface area contributed by atoms with Gasteiger partial charge in [-0.1, -0.05) is 13.8 Å². The molecule has 1 aliphatic heterocycles. The fourth-order valence-corrected chi connectivity index (χ4v) is 2.17. The first-order chi connectivity index (χ1) is 7.80. The lowest BCUT2D eigenvalue weighted by atomic mass is 9.92. The Kier molecular flexibility index (Phi) is 4.51. The van der Waals surface area contributed by atoms with Crippen LogP contribution < -0.4 is 10.6 Å². The molecule has 17 heavy (non-hydrogen) atoms. The minimum Gasteiger partial charge on any atom is -0.355 e. The van der Waals surface area contributed by atoms with Crippen molar-refractivity contribution >= 4 is 11.8 Å². The van der Waals surface area contributed by atoms with E-state index >= 15 is 0 Å². The maximum absolute atomic E-state index is 11.8. The first-order valence-corrected chi connectivity index (χ1v) is 5.99. The zero-order valence-corrected chi connectivity index (χ0v) is 11.2. The standard InChI is InChI=1S/C12H23N3O2/c1-12(2,8-15(3)4)7-14-11(17)9-5-10(16)13-6-9/h9H,5-8H2,1-4H3,(H,13,16)(H,14,17). The summed E-state index contributed by atoms with van der Waals surface area (Å²) in [5.41, 5.74) is 0.0369. The Balaban J connectivity index is 2.34. The number of carbonyl (C=O) groups is 2. The maximum atomic E-state index is 11.8. The maximum Gasteiger partial charge on any atom is 0.225 e. The number of amides is 2. The molecule has 0 aromatic carbocycles. The minimum atomic E-state index is -0.197. The van der Waals surface area contributed by atoms with E-state index in [1.165, 1.54) is 0 Å². The molecular weight excluding hydrogens is 218 g/mol. The highest BCUT2D eigenvalue weighted by molar-refractivity contribution is 5.89. The normalized spacial score (nSPS) is 20.5. The summed E-state index contributed by atoms with van der Waals surface area (Å²) in [7, 11) is 4.03. The summed E-state index contributed by atoms with van der Waals surface area (Å²) in [6.45, 7) is 6.25. The van der Waals surface area contributed by atoms with Crippen LogP contribution in [-0.2, 0) is 9.59 Å². The van der Waals surface area contributed by atoms with Crippen LogP contribution in [-0.4, -0.2) is 50.4 Å². The van der Waals surface area contributed by atoms with E-state index < -0.39 is 0 Å². The van der Waals surface area contributed by atoms with Crippen molar-refractivity contribution in [3.63, 3.8) is 0 Å². The summed E-state index contributed by atoms with van der Waals surface area (Å²) in [6, 6.07) is 0. The first kappa shape index (κ1) is 14.0. The van der Waals surface area contributed by atoms with Gasteiger partial charge in [-0.05, 0) is 19.5 Å². The molecule has 0 aromatic rings. The Labute approximate surface area is 103 Å². The van der Waals surface area contributed by atoms with Crippen LogP contribution in [0, 0.1) is 11.3 Å². The molecule has 0 bridgehead atoms. The Morgan fingerprint density at radius 3 is 2.65 bits per heavy atom. The molecule has 0 spiro atoms. The molecule has 2 amide bonds. The van der Waals surface area contributed by atoms with Gasteiger partial charge in [0.2, 0.25) is 11.8 Å². The van der Waals surface area contributed by atoms with E-state index in [1.807, 2.05) is 14.1 Å². The van der Waals surface area contributed by atoms with Crippen LogP contribution in [0.1, 0.15) is 20.3 Å². The Bertz CT molecular complexity index is 300. The second kappa shape index (κ2) is 5.49. The summed E-state index contributed by atoms with van der Waals surface area (Å²) in [5.74, 6) is -0.245. The summed E-state index contributed by atoms with van der Waals surface area (Å²) in [5, 5.41) is 5.60. The number of hydrogen-bond acceptors (Lipinski definition) is 3. The zero-order chi connectivity index (χ0) is 13.1. The van der Waals surface area contributed by atoms with Crippen LogP contribution in [0.4, 0.5) is 0 Å². The molecule has 5 heteroatoms. The monoisotopic (exact) mass is 241 g/mol. The lowest BCUT2D eigenvalue weighted by molar-refractivity contribution is -0.126. The van der Waals surface area contributed by atoms with Crippen molar-refractivity contribution in [3.8, 4) is 0 Å². The molecular formula is C12H23N3O2. The van der Waals surface area contributed by atoms with Gasteiger partial charge in [0, 0.05) is 26.1 Å². The van der Waals surface area contributed by atoms with Gasteiger partial charge in [0.25, 0.3) is 0 Å². The molecule has 0 aromatic heterocycles. The van der Waals surface area contributed by atoms with E-state index in [0.29, 0.717) is 19.5 Å². The van der Waals surface area contributed by atoms with Gasteiger partial charge in [-0.15, -0.1) is 0 Å². The van der Waals surface area contributed by atoms with E-state index in [-0.39, 0.29) is 23.1 Å². The topological polar surface area (TPSA) is 61.4 Å². The van der Waals surface area contributed by atoms with Crippen molar-refractivity contribution in [2.45, 2.75) is 20.3 Å². The van der Waals surface area contributed by atoms with Crippen molar-refractivity contribution in [3.05, 3.63) is 0 Å². The molecule has 1 atom stereocenters. The predicted octanol–water partition coefficient (Wildman–Crippen LogP) is -0.173. The number of rotatable bonds is 5. The zero-order valence-electron chi connectivity index (χ0n) is 11.2. The molecule has 5 nitrogen and oxygen atoms in total. The van der Waals surface area contributed by atoms with E-state index in [4.69, 9.17) is 0 Å². The third-order valence-electron chi connectivity index (χ3n) is 2.83. The summed E-state index contributed by atoms with van der Waals surface area (Å²) in [4.78, 5) is 24.9. The van der Waals surface area contributed by atoms with Crippen molar-refractivity contribution in [2.24, 2.45) is 11.3 Å². The predicted molar refractivity (Wildman–Crippen MR) is 66.5 cm³/mol.